The minimum absolute atomic E-state index is 0. The molecule has 1 radical (unpaired) electrons. The smallest absolute Gasteiger partial charge is 0.778 e. The van der Waals surface area contributed by atoms with Gasteiger partial charge in [0.25, 0.3) is 0 Å². The van der Waals surface area contributed by atoms with E-state index in [9.17, 15) is 0 Å². The zero-order chi connectivity index (χ0) is 17.9. The molecule has 0 aliphatic heterocycles. The molecule has 129 valence electrons. The van der Waals surface area contributed by atoms with Crippen LogP contribution >= 0.6 is 0 Å². The van der Waals surface area contributed by atoms with Crippen LogP contribution in [0.2, 0.25) is 0 Å². The number of para-hydroxylation sites is 3. The van der Waals surface area contributed by atoms with Crippen molar-refractivity contribution in [2.24, 2.45) is 0 Å². The molecule has 0 atom stereocenters. The summed E-state index contributed by atoms with van der Waals surface area (Å²) in [6.45, 7) is 0. The summed E-state index contributed by atoms with van der Waals surface area (Å²) < 4.78 is 0. The molecule has 0 fully saturated rings. The van der Waals surface area contributed by atoms with Crippen LogP contribution < -0.4 is 17.2 Å². The van der Waals surface area contributed by atoms with Gasteiger partial charge in [0.2, 0.25) is 0 Å². The number of nitrogens with two attached hydrogens (primary N) is 3. The summed E-state index contributed by atoms with van der Waals surface area (Å²) in [6.07, 6.45) is 0. The van der Waals surface area contributed by atoms with E-state index < -0.39 is 0 Å². The predicted octanol–water partition coefficient (Wildman–Crippen LogP) is 3.52. The van der Waals surface area contributed by atoms with Crippen molar-refractivity contribution in [3.05, 3.63) is 72.8 Å². The summed E-state index contributed by atoms with van der Waals surface area (Å²) in [5.41, 5.74) is 18.3. The van der Waals surface area contributed by atoms with Crippen molar-refractivity contribution >= 4 is 54.9 Å². The van der Waals surface area contributed by atoms with Gasteiger partial charge in [0, 0.05) is 17.1 Å². The zero-order valence-corrected chi connectivity index (χ0v) is 17.7. The Morgan fingerprint density at radius 2 is 0.640 bits per heavy atom. The Hall–Kier alpha value is -1.59. The number of nitrogen functional groups attached to an aromatic ring is 3. The minimum atomic E-state index is 0. The summed E-state index contributed by atoms with van der Waals surface area (Å²) >= 11 is 14.5. The molecular formula is C18H18MoN3S3. The quantitative estimate of drug-likeness (QED) is 0.266. The molecule has 0 saturated heterocycles. The number of anilines is 3. The third-order valence-corrected chi connectivity index (χ3v) is 3.87. The predicted molar refractivity (Wildman–Crippen MR) is 109 cm³/mol. The molecule has 0 spiro atoms. The molecule has 0 amide bonds. The Morgan fingerprint density at radius 1 is 0.440 bits per heavy atom. The first-order valence-corrected chi connectivity index (χ1v) is 8.19. The fourth-order valence-corrected chi connectivity index (χ4v) is 1.88. The van der Waals surface area contributed by atoms with Gasteiger partial charge in [0.05, 0.1) is 0 Å². The fraction of sp³-hybridized carbons (Fsp3) is 0. The SMILES string of the molecule is Nc1ccccc1[S-].Nc1ccccc1[S-].Nc1ccccc1[S-].[Mo+3]. The van der Waals surface area contributed by atoms with Gasteiger partial charge in [0.15, 0.2) is 0 Å². The number of hydrogen-bond acceptors (Lipinski definition) is 6. The van der Waals surface area contributed by atoms with Gasteiger partial charge in [-0.2, -0.15) is 14.7 Å². The molecule has 0 aliphatic rings. The monoisotopic (exact) mass is 470 g/mol. The van der Waals surface area contributed by atoms with Crippen molar-refractivity contribution in [3.8, 4) is 0 Å². The summed E-state index contributed by atoms with van der Waals surface area (Å²) in [7, 11) is 0. The van der Waals surface area contributed by atoms with E-state index in [2.05, 4.69) is 0 Å². The van der Waals surface area contributed by atoms with Crippen LogP contribution in [0.4, 0.5) is 17.1 Å². The molecule has 3 nitrogen and oxygen atoms in total. The maximum Gasteiger partial charge on any atom is 3.00 e. The summed E-state index contributed by atoms with van der Waals surface area (Å²) in [4.78, 5) is 2.19. The van der Waals surface area contributed by atoms with Gasteiger partial charge < -0.3 is 55.1 Å². The molecule has 3 rings (SSSR count). The van der Waals surface area contributed by atoms with Crippen LogP contribution in [0.1, 0.15) is 0 Å². The average Bonchev–Trinajstić information content (AvgIpc) is 2.57. The molecule has 0 heterocycles. The van der Waals surface area contributed by atoms with E-state index in [4.69, 9.17) is 55.1 Å². The van der Waals surface area contributed by atoms with Crippen molar-refractivity contribution < 1.29 is 21.1 Å². The van der Waals surface area contributed by atoms with Gasteiger partial charge in [-0.3, -0.25) is 0 Å². The molecule has 6 N–H and O–H groups in total. The third kappa shape index (κ3) is 9.46. The van der Waals surface area contributed by atoms with Gasteiger partial charge in [-0.15, -0.1) is 0 Å². The second kappa shape index (κ2) is 12.7. The summed E-state index contributed by atoms with van der Waals surface area (Å²) in [5.74, 6) is 0. The Labute approximate surface area is 179 Å². The summed E-state index contributed by atoms with van der Waals surface area (Å²) in [6, 6.07) is 22.0. The second-order valence-electron chi connectivity index (χ2n) is 4.61. The number of rotatable bonds is 0. The van der Waals surface area contributed by atoms with E-state index in [0.29, 0.717) is 17.1 Å². The van der Waals surface area contributed by atoms with E-state index >= 15 is 0 Å². The van der Waals surface area contributed by atoms with Crippen LogP contribution in [0, 0.1) is 0 Å². The maximum atomic E-state index is 5.42. The molecule has 0 aromatic heterocycles. The Balaban J connectivity index is 0.000000339. The van der Waals surface area contributed by atoms with Gasteiger partial charge in [-0.05, 0) is 18.2 Å². The number of benzene rings is 3. The molecular weight excluding hydrogens is 450 g/mol. The van der Waals surface area contributed by atoms with Gasteiger partial charge in [-0.25, -0.2) is 0 Å². The molecule has 0 unspecified atom stereocenters. The van der Waals surface area contributed by atoms with Crippen molar-refractivity contribution in [3.63, 3.8) is 0 Å². The standard InChI is InChI=1S/3C6H7NS.Mo/c3*7-5-3-1-2-4-6(5)8;/h3*1-4,8H,7H2;/q;;;+3/p-3. The molecule has 0 aliphatic carbocycles. The minimum Gasteiger partial charge on any atom is -0.778 e. The van der Waals surface area contributed by atoms with E-state index in [0.717, 1.165) is 14.7 Å². The molecule has 3 aromatic rings. The van der Waals surface area contributed by atoms with Crippen LogP contribution in [-0.4, -0.2) is 0 Å². The fourth-order valence-electron chi connectivity index (χ4n) is 1.44. The van der Waals surface area contributed by atoms with Crippen LogP contribution in [0.5, 0.6) is 0 Å². The largest absolute Gasteiger partial charge is 3.00 e. The van der Waals surface area contributed by atoms with E-state index in [1.807, 2.05) is 54.6 Å². The van der Waals surface area contributed by atoms with Crippen LogP contribution in [-0.2, 0) is 59.0 Å². The normalized spacial score (nSPS) is 8.64. The van der Waals surface area contributed by atoms with Crippen molar-refractivity contribution in [2.75, 3.05) is 17.2 Å². The first kappa shape index (κ1) is 23.4. The van der Waals surface area contributed by atoms with Crippen molar-refractivity contribution in [2.45, 2.75) is 14.7 Å². The molecule has 3 aromatic carbocycles. The first-order valence-electron chi connectivity index (χ1n) is 6.96. The van der Waals surface area contributed by atoms with Crippen molar-refractivity contribution in [1.29, 1.82) is 0 Å². The zero-order valence-electron chi connectivity index (χ0n) is 13.3. The Morgan fingerprint density at radius 3 is 0.760 bits per heavy atom. The maximum absolute atomic E-state index is 5.42. The second-order valence-corrected chi connectivity index (χ2v) is 5.93. The van der Waals surface area contributed by atoms with E-state index in [-0.39, 0.29) is 21.1 Å². The van der Waals surface area contributed by atoms with E-state index in [1.54, 1.807) is 18.2 Å². The topological polar surface area (TPSA) is 78.1 Å². The van der Waals surface area contributed by atoms with Crippen molar-refractivity contribution in [1.82, 2.24) is 0 Å². The van der Waals surface area contributed by atoms with Gasteiger partial charge in [0.1, 0.15) is 0 Å². The Kier molecular flexibility index (Phi) is 11.9. The van der Waals surface area contributed by atoms with E-state index in [1.165, 1.54) is 0 Å². The van der Waals surface area contributed by atoms with Crippen LogP contribution in [0.3, 0.4) is 0 Å². The Bertz CT molecular complexity index is 603. The summed E-state index contributed by atoms with van der Waals surface area (Å²) in [5, 5.41) is 0. The molecule has 25 heavy (non-hydrogen) atoms. The third-order valence-electron chi connectivity index (χ3n) is 2.76. The van der Waals surface area contributed by atoms with Gasteiger partial charge in [-0.1, -0.05) is 54.6 Å². The van der Waals surface area contributed by atoms with Gasteiger partial charge >= 0.3 is 21.1 Å². The number of hydrogen-bond donors (Lipinski definition) is 3. The molecule has 0 bridgehead atoms. The first-order chi connectivity index (χ1) is 11.4. The van der Waals surface area contributed by atoms with Crippen LogP contribution in [0.15, 0.2) is 87.5 Å². The average molecular weight is 469 g/mol. The molecule has 7 heteroatoms. The van der Waals surface area contributed by atoms with Crippen LogP contribution in [0.25, 0.3) is 0 Å². The molecule has 0 saturated carbocycles.